The molecule has 2 heteroatoms. The Morgan fingerprint density at radius 2 is 1.62 bits per heavy atom. The van der Waals surface area contributed by atoms with E-state index in [2.05, 4.69) is 46.8 Å². The molecule has 0 aliphatic rings. The minimum absolute atomic E-state index is 0.150. The minimum Gasteiger partial charge on any atom is -0.457 e. The third kappa shape index (κ3) is 7.69. The second-order valence-corrected chi connectivity index (χ2v) is 6.20. The van der Waals surface area contributed by atoms with Gasteiger partial charge in [-0.2, -0.15) is 0 Å². The van der Waals surface area contributed by atoms with Crippen molar-refractivity contribution in [2.45, 2.75) is 66.9 Å². The van der Waals surface area contributed by atoms with Gasteiger partial charge < -0.3 is 4.74 Å². The number of carbonyl (C=O) groups excluding carboxylic acids is 1. The number of hydrogen-bond acceptors (Lipinski definition) is 2. The summed E-state index contributed by atoms with van der Waals surface area (Å²) in [5.41, 5.74) is 3.08. The molecule has 0 radical (unpaired) electrons. The molecule has 0 atom stereocenters. The third-order valence-corrected chi connectivity index (χ3v) is 2.94. The van der Waals surface area contributed by atoms with Gasteiger partial charge in [0.05, 0.1) is 0 Å². The lowest BCUT2D eigenvalue weighted by molar-refractivity contribution is -0.140. The van der Waals surface area contributed by atoms with Crippen LogP contribution in [-0.4, -0.2) is 5.97 Å². The summed E-state index contributed by atoms with van der Waals surface area (Å²) in [6.07, 6.45) is 3.00. The first-order chi connectivity index (χ1) is 9.76. The molecule has 0 aliphatic heterocycles. The van der Waals surface area contributed by atoms with Crippen LogP contribution in [0.15, 0.2) is 35.9 Å². The summed E-state index contributed by atoms with van der Waals surface area (Å²) in [5, 5.41) is 0. The molecule has 2 nitrogen and oxygen atoms in total. The van der Waals surface area contributed by atoms with E-state index in [1.54, 1.807) is 13.0 Å². The largest absolute Gasteiger partial charge is 0.457 e. The van der Waals surface area contributed by atoms with Gasteiger partial charge in [-0.25, -0.2) is 4.79 Å². The molecule has 0 spiro atoms. The highest BCUT2D eigenvalue weighted by atomic mass is 16.5. The van der Waals surface area contributed by atoms with Crippen molar-refractivity contribution < 1.29 is 9.53 Å². The Morgan fingerprint density at radius 1 is 1.14 bits per heavy atom. The Morgan fingerprint density at radius 3 is 2.00 bits per heavy atom. The van der Waals surface area contributed by atoms with Crippen molar-refractivity contribution in [2.24, 2.45) is 0 Å². The minimum atomic E-state index is -0.252. The maximum atomic E-state index is 11.5. The van der Waals surface area contributed by atoms with E-state index < -0.39 is 0 Å². The highest BCUT2D eigenvalue weighted by molar-refractivity contribution is 5.87. The van der Waals surface area contributed by atoms with Crippen LogP contribution in [0.1, 0.15) is 66.0 Å². The van der Waals surface area contributed by atoms with Crippen LogP contribution in [0.3, 0.4) is 0 Å². The summed E-state index contributed by atoms with van der Waals surface area (Å²) < 4.78 is 5.20. The summed E-state index contributed by atoms with van der Waals surface area (Å²) in [6.45, 7) is 14.7. The van der Waals surface area contributed by atoms with E-state index in [1.165, 1.54) is 12.0 Å². The zero-order valence-corrected chi connectivity index (χ0v) is 14.6. The highest BCUT2D eigenvalue weighted by Gasteiger charge is 2.13. The first-order valence-electron chi connectivity index (χ1n) is 7.65. The molecule has 0 unspecified atom stereocenters. The molecule has 0 saturated heterocycles. The number of allylic oxidation sites excluding steroid dienone is 1. The Hall–Kier alpha value is -1.57. The summed E-state index contributed by atoms with van der Waals surface area (Å²) in [4.78, 5) is 11.5. The number of ether oxygens (including phenoxy) is 1. The fourth-order valence-electron chi connectivity index (χ4n) is 1.48. The molecule has 0 N–H and O–H groups in total. The van der Waals surface area contributed by atoms with Crippen molar-refractivity contribution in [1.29, 1.82) is 0 Å². The van der Waals surface area contributed by atoms with Gasteiger partial charge in [-0.3, -0.25) is 0 Å². The van der Waals surface area contributed by atoms with Crippen molar-refractivity contribution in [1.82, 2.24) is 0 Å². The van der Waals surface area contributed by atoms with E-state index in [1.807, 2.05) is 19.1 Å². The maximum Gasteiger partial charge on any atom is 0.333 e. The number of hydrogen-bond donors (Lipinski definition) is 0. The lowest BCUT2D eigenvalue weighted by atomic mass is 9.87. The molecule has 1 aromatic rings. The zero-order valence-electron chi connectivity index (χ0n) is 14.6. The molecule has 21 heavy (non-hydrogen) atoms. The Labute approximate surface area is 130 Å². The highest BCUT2D eigenvalue weighted by Crippen LogP contribution is 2.22. The maximum absolute atomic E-state index is 11.5. The lowest BCUT2D eigenvalue weighted by Crippen LogP contribution is -2.11. The van der Waals surface area contributed by atoms with Crippen molar-refractivity contribution >= 4 is 5.97 Å². The van der Waals surface area contributed by atoms with Gasteiger partial charge in [0.2, 0.25) is 0 Å². The molecule has 1 rings (SSSR count). The molecule has 0 bridgehead atoms. The molecule has 0 amide bonds. The van der Waals surface area contributed by atoms with Crippen LogP contribution in [0.2, 0.25) is 0 Å². The van der Waals surface area contributed by atoms with Gasteiger partial charge in [-0.05, 0) is 30.4 Å². The molecule has 0 heterocycles. The first-order valence-corrected chi connectivity index (χ1v) is 7.65. The van der Waals surface area contributed by atoms with E-state index >= 15 is 0 Å². The van der Waals surface area contributed by atoms with E-state index in [0.29, 0.717) is 12.2 Å². The van der Waals surface area contributed by atoms with E-state index in [-0.39, 0.29) is 11.4 Å². The van der Waals surface area contributed by atoms with Crippen LogP contribution < -0.4 is 0 Å². The SMILES string of the molecule is C/C=C(/C)C(=O)OCc1ccc(C(C)(C)C)cc1.CCC. The second kappa shape index (κ2) is 9.38. The average molecular weight is 290 g/mol. The molecule has 0 aliphatic carbocycles. The van der Waals surface area contributed by atoms with Gasteiger partial charge in [-0.1, -0.05) is 71.4 Å². The van der Waals surface area contributed by atoms with E-state index in [0.717, 1.165) is 5.56 Å². The quantitative estimate of drug-likeness (QED) is 0.549. The van der Waals surface area contributed by atoms with E-state index in [9.17, 15) is 4.79 Å². The smallest absolute Gasteiger partial charge is 0.333 e. The molecule has 0 fully saturated rings. The monoisotopic (exact) mass is 290 g/mol. The molecule has 0 aromatic heterocycles. The van der Waals surface area contributed by atoms with Gasteiger partial charge in [-0.15, -0.1) is 0 Å². The fourth-order valence-corrected chi connectivity index (χ4v) is 1.48. The van der Waals surface area contributed by atoms with E-state index in [4.69, 9.17) is 4.74 Å². The number of esters is 1. The van der Waals surface area contributed by atoms with Gasteiger partial charge in [0.25, 0.3) is 0 Å². The molecular weight excluding hydrogens is 260 g/mol. The van der Waals surface area contributed by atoms with Crippen molar-refractivity contribution in [3.8, 4) is 0 Å². The summed E-state index contributed by atoms with van der Waals surface area (Å²) in [6, 6.07) is 8.20. The lowest BCUT2D eigenvalue weighted by Gasteiger charge is -2.19. The molecule has 0 saturated carbocycles. The van der Waals surface area contributed by atoms with Gasteiger partial charge >= 0.3 is 5.97 Å². The van der Waals surface area contributed by atoms with Gasteiger partial charge in [0, 0.05) is 5.57 Å². The molecule has 1 aromatic carbocycles. The summed E-state index contributed by atoms with van der Waals surface area (Å²) in [5.74, 6) is -0.252. The summed E-state index contributed by atoms with van der Waals surface area (Å²) in [7, 11) is 0. The molecular formula is C19H30O2. The van der Waals surface area contributed by atoms with Crippen molar-refractivity contribution in [3.05, 3.63) is 47.0 Å². The number of carbonyl (C=O) groups is 1. The van der Waals surface area contributed by atoms with Crippen LogP contribution in [0.5, 0.6) is 0 Å². The zero-order chi connectivity index (χ0) is 16.5. The van der Waals surface area contributed by atoms with Crippen molar-refractivity contribution in [2.75, 3.05) is 0 Å². The topological polar surface area (TPSA) is 26.3 Å². The first kappa shape index (κ1) is 19.4. The summed E-state index contributed by atoms with van der Waals surface area (Å²) >= 11 is 0. The predicted octanol–water partition coefficient (Wildman–Crippen LogP) is 5.41. The fraction of sp³-hybridized carbons (Fsp3) is 0.526. The van der Waals surface area contributed by atoms with Crippen LogP contribution in [0.25, 0.3) is 0 Å². The average Bonchev–Trinajstić information content (AvgIpc) is 2.44. The number of benzene rings is 1. The predicted molar refractivity (Wildman–Crippen MR) is 90.3 cm³/mol. The Kier molecular flexibility index (Phi) is 8.68. The van der Waals surface area contributed by atoms with Crippen LogP contribution in [0.4, 0.5) is 0 Å². The van der Waals surface area contributed by atoms with Crippen LogP contribution in [-0.2, 0) is 21.6 Å². The molecule has 118 valence electrons. The second-order valence-electron chi connectivity index (χ2n) is 6.20. The Bertz CT molecular complexity index is 447. The number of rotatable bonds is 3. The normalized spacial score (nSPS) is 11.5. The third-order valence-electron chi connectivity index (χ3n) is 2.94. The van der Waals surface area contributed by atoms with Crippen LogP contribution >= 0.6 is 0 Å². The Balaban J connectivity index is 0.00000122. The van der Waals surface area contributed by atoms with Crippen molar-refractivity contribution in [3.63, 3.8) is 0 Å². The van der Waals surface area contributed by atoms with Crippen LogP contribution in [0, 0.1) is 0 Å². The standard InChI is InChI=1S/C16H22O2.C3H8/c1-6-12(2)15(17)18-11-13-7-9-14(10-8-13)16(3,4)5;1-3-2/h6-10H,11H2,1-5H3;3H2,1-2H3/b12-6-;. The van der Waals surface area contributed by atoms with Gasteiger partial charge in [0.15, 0.2) is 0 Å². The van der Waals surface area contributed by atoms with Gasteiger partial charge in [0.1, 0.15) is 6.61 Å².